The fourth-order valence-electron chi connectivity index (χ4n) is 1.39. The van der Waals surface area contributed by atoms with Crippen molar-refractivity contribution in [3.63, 3.8) is 0 Å². The van der Waals surface area contributed by atoms with Crippen LogP contribution in [0.2, 0.25) is 0 Å². The highest BCUT2D eigenvalue weighted by Gasteiger charge is 2.14. The highest BCUT2D eigenvalue weighted by molar-refractivity contribution is 7.15. The molecule has 72 valence electrons. The molecule has 1 fully saturated rings. The second-order valence-corrected chi connectivity index (χ2v) is 4.21. The summed E-state index contributed by atoms with van der Waals surface area (Å²) in [6.07, 6.45) is 3.04. The van der Waals surface area contributed by atoms with Crippen LogP contribution in [0.1, 0.15) is 4.88 Å². The van der Waals surface area contributed by atoms with E-state index < -0.39 is 0 Å². The Balaban J connectivity index is 1.89. The lowest BCUT2D eigenvalue weighted by molar-refractivity contribution is 0.0297. The third-order valence-corrected chi connectivity index (χ3v) is 2.85. The van der Waals surface area contributed by atoms with Crippen LogP contribution < -0.4 is 11.1 Å². The number of nitrogens with one attached hydrogen (secondary N) is 1. The number of hydrogen-bond acceptors (Lipinski definition) is 5. The molecule has 0 saturated carbocycles. The van der Waals surface area contributed by atoms with Crippen molar-refractivity contribution in [2.75, 3.05) is 25.4 Å². The molecule has 0 radical (unpaired) electrons. The summed E-state index contributed by atoms with van der Waals surface area (Å²) in [5.41, 5.74) is 5.53. The van der Waals surface area contributed by atoms with Crippen LogP contribution >= 0.6 is 11.3 Å². The summed E-state index contributed by atoms with van der Waals surface area (Å²) < 4.78 is 5.57. The summed E-state index contributed by atoms with van der Waals surface area (Å²) in [5, 5.41) is 3.93. The van der Waals surface area contributed by atoms with E-state index in [1.54, 1.807) is 11.3 Å². The van der Waals surface area contributed by atoms with Crippen molar-refractivity contribution in [1.82, 2.24) is 10.3 Å². The molecular formula is C8H13N3OS. The monoisotopic (exact) mass is 199 g/mol. The average molecular weight is 199 g/mol. The molecule has 13 heavy (non-hydrogen) atoms. The summed E-state index contributed by atoms with van der Waals surface area (Å²) in [6, 6.07) is 0. The second kappa shape index (κ2) is 4.04. The minimum absolute atomic E-state index is 0.286. The van der Waals surface area contributed by atoms with Gasteiger partial charge in [-0.25, -0.2) is 4.98 Å². The molecule has 1 atom stereocenters. The van der Waals surface area contributed by atoms with Gasteiger partial charge in [0.25, 0.3) is 0 Å². The first-order valence-electron chi connectivity index (χ1n) is 4.37. The number of nitrogens with two attached hydrogens (primary N) is 1. The molecule has 0 bridgehead atoms. The molecule has 1 aromatic rings. The predicted octanol–water partition coefficient (Wildman–Crippen LogP) is 0.256. The molecule has 1 saturated heterocycles. The Morgan fingerprint density at radius 2 is 2.69 bits per heavy atom. The summed E-state index contributed by atoms with van der Waals surface area (Å²) in [6.45, 7) is 2.69. The van der Waals surface area contributed by atoms with Crippen molar-refractivity contribution >= 4 is 16.5 Å². The maximum absolute atomic E-state index is 5.57. The number of anilines is 1. The Bertz CT molecular complexity index is 270. The van der Waals surface area contributed by atoms with E-state index in [1.165, 1.54) is 4.88 Å². The molecule has 1 unspecified atom stereocenters. The van der Waals surface area contributed by atoms with E-state index in [9.17, 15) is 0 Å². The van der Waals surface area contributed by atoms with Crippen LogP contribution in [0.3, 0.4) is 0 Å². The number of nitrogen functional groups attached to an aromatic ring is 1. The Hall–Kier alpha value is -0.650. The number of ether oxygens (including phenoxy) is 1. The number of thiazole rings is 1. The van der Waals surface area contributed by atoms with Crippen LogP contribution in [0.5, 0.6) is 0 Å². The van der Waals surface area contributed by atoms with Gasteiger partial charge in [-0.05, 0) is 0 Å². The minimum Gasteiger partial charge on any atom is -0.375 e. The van der Waals surface area contributed by atoms with Crippen molar-refractivity contribution in [1.29, 1.82) is 0 Å². The highest BCUT2D eigenvalue weighted by atomic mass is 32.1. The molecule has 4 nitrogen and oxygen atoms in total. The van der Waals surface area contributed by atoms with E-state index in [-0.39, 0.29) is 6.10 Å². The molecule has 1 aliphatic heterocycles. The summed E-state index contributed by atoms with van der Waals surface area (Å²) >= 11 is 1.54. The van der Waals surface area contributed by atoms with Gasteiger partial charge >= 0.3 is 0 Å². The topological polar surface area (TPSA) is 60.2 Å². The lowest BCUT2D eigenvalue weighted by atomic mass is 10.2. The van der Waals surface area contributed by atoms with Crippen LogP contribution in [0.25, 0.3) is 0 Å². The zero-order valence-corrected chi connectivity index (χ0v) is 8.14. The SMILES string of the molecule is Nc1ncc(CC2CNCCO2)s1. The Kier molecular flexibility index (Phi) is 2.77. The third-order valence-electron chi connectivity index (χ3n) is 2.00. The maximum Gasteiger partial charge on any atom is 0.180 e. The van der Waals surface area contributed by atoms with E-state index in [1.807, 2.05) is 6.20 Å². The van der Waals surface area contributed by atoms with Crippen LogP contribution in [0, 0.1) is 0 Å². The van der Waals surface area contributed by atoms with Crippen LogP contribution in [-0.2, 0) is 11.2 Å². The van der Waals surface area contributed by atoms with Gasteiger partial charge in [-0.3, -0.25) is 0 Å². The molecule has 2 rings (SSSR count). The quantitative estimate of drug-likeness (QED) is 0.717. The second-order valence-electron chi connectivity index (χ2n) is 3.07. The van der Waals surface area contributed by atoms with Gasteiger partial charge in [0.1, 0.15) is 0 Å². The van der Waals surface area contributed by atoms with E-state index in [0.717, 1.165) is 26.1 Å². The molecule has 0 aromatic carbocycles. The fourth-order valence-corrected chi connectivity index (χ4v) is 2.14. The molecule has 5 heteroatoms. The first kappa shape index (κ1) is 8.93. The minimum atomic E-state index is 0.286. The van der Waals surface area contributed by atoms with Crippen LogP contribution in [-0.4, -0.2) is 30.8 Å². The molecule has 0 spiro atoms. The molecule has 0 aliphatic carbocycles. The Labute approximate surface area is 81.1 Å². The van der Waals surface area contributed by atoms with Gasteiger partial charge in [0, 0.05) is 30.6 Å². The number of rotatable bonds is 2. The number of morpholine rings is 1. The fraction of sp³-hybridized carbons (Fsp3) is 0.625. The third kappa shape index (κ3) is 2.40. The molecular weight excluding hydrogens is 186 g/mol. The largest absolute Gasteiger partial charge is 0.375 e. The summed E-state index contributed by atoms with van der Waals surface area (Å²) in [5.74, 6) is 0. The number of aromatic nitrogens is 1. The lowest BCUT2D eigenvalue weighted by Gasteiger charge is -2.22. The molecule has 3 N–H and O–H groups in total. The molecule has 0 amide bonds. The molecule has 1 aromatic heterocycles. The van der Waals surface area contributed by atoms with Crippen molar-refractivity contribution in [2.45, 2.75) is 12.5 Å². The van der Waals surface area contributed by atoms with E-state index in [4.69, 9.17) is 10.5 Å². The number of hydrogen-bond donors (Lipinski definition) is 2. The molecule has 1 aliphatic rings. The predicted molar refractivity (Wildman–Crippen MR) is 52.8 cm³/mol. The van der Waals surface area contributed by atoms with Crippen molar-refractivity contribution in [3.8, 4) is 0 Å². The Morgan fingerprint density at radius 3 is 3.31 bits per heavy atom. The molecule has 2 heterocycles. The standard InChI is InChI=1S/C8H13N3OS/c9-8-11-5-7(13-8)3-6-4-10-1-2-12-6/h5-6,10H,1-4H2,(H2,9,11). The highest BCUT2D eigenvalue weighted by Crippen LogP contribution is 2.17. The summed E-state index contributed by atoms with van der Waals surface area (Å²) in [4.78, 5) is 5.20. The van der Waals surface area contributed by atoms with Gasteiger partial charge in [0.05, 0.1) is 12.7 Å². The van der Waals surface area contributed by atoms with Crippen LogP contribution in [0.15, 0.2) is 6.20 Å². The smallest absolute Gasteiger partial charge is 0.180 e. The number of nitrogens with zero attached hydrogens (tertiary/aromatic N) is 1. The van der Waals surface area contributed by atoms with Gasteiger partial charge in [-0.1, -0.05) is 0 Å². The van der Waals surface area contributed by atoms with E-state index in [2.05, 4.69) is 10.3 Å². The van der Waals surface area contributed by atoms with Gasteiger partial charge in [-0.15, -0.1) is 11.3 Å². The van der Waals surface area contributed by atoms with Gasteiger partial charge in [0.2, 0.25) is 0 Å². The normalized spacial score (nSPS) is 23.2. The van der Waals surface area contributed by atoms with Gasteiger partial charge in [0.15, 0.2) is 5.13 Å². The first-order chi connectivity index (χ1) is 6.34. The van der Waals surface area contributed by atoms with Gasteiger partial charge in [-0.2, -0.15) is 0 Å². The average Bonchev–Trinajstić information content (AvgIpc) is 2.53. The van der Waals surface area contributed by atoms with Crippen molar-refractivity contribution < 1.29 is 4.74 Å². The lowest BCUT2D eigenvalue weighted by Crippen LogP contribution is -2.39. The van der Waals surface area contributed by atoms with Gasteiger partial charge < -0.3 is 15.8 Å². The maximum atomic E-state index is 5.57. The van der Waals surface area contributed by atoms with Crippen molar-refractivity contribution in [3.05, 3.63) is 11.1 Å². The first-order valence-corrected chi connectivity index (χ1v) is 5.19. The van der Waals surface area contributed by atoms with Crippen LogP contribution in [0.4, 0.5) is 5.13 Å². The zero-order chi connectivity index (χ0) is 9.10. The summed E-state index contributed by atoms with van der Waals surface area (Å²) in [7, 11) is 0. The van der Waals surface area contributed by atoms with E-state index >= 15 is 0 Å². The van der Waals surface area contributed by atoms with E-state index in [0.29, 0.717) is 5.13 Å². The Morgan fingerprint density at radius 1 is 1.77 bits per heavy atom. The zero-order valence-electron chi connectivity index (χ0n) is 7.32. The van der Waals surface area contributed by atoms with Crippen molar-refractivity contribution in [2.24, 2.45) is 0 Å².